The molecule has 1 unspecified atom stereocenters. The lowest BCUT2D eigenvalue weighted by molar-refractivity contribution is -0.118. The summed E-state index contributed by atoms with van der Waals surface area (Å²) in [4.78, 5) is 11.8. The van der Waals surface area contributed by atoms with Crippen LogP contribution in [0.5, 0.6) is 0 Å². The Morgan fingerprint density at radius 2 is 2.18 bits per heavy atom. The maximum Gasteiger partial charge on any atom is 0.252 e. The van der Waals surface area contributed by atoms with Crippen LogP contribution in [0.2, 0.25) is 0 Å². The van der Waals surface area contributed by atoms with Crippen LogP contribution in [0.15, 0.2) is 49.1 Å². The highest BCUT2D eigenvalue weighted by molar-refractivity contribution is 5.97. The molecule has 4 heteroatoms. The second kappa shape index (κ2) is 7.20. The maximum absolute atomic E-state index is 11.8. The molecule has 1 atom stereocenters. The summed E-state index contributed by atoms with van der Waals surface area (Å²) in [5.74, 6) is -0.457. The predicted octanol–water partition coefficient (Wildman–Crippen LogP) is 1.23. The van der Waals surface area contributed by atoms with Crippen LogP contribution in [0.3, 0.4) is 0 Å². The maximum atomic E-state index is 11.8. The number of hydrogen-bond donors (Lipinski definition) is 2. The lowest BCUT2D eigenvalue weighted by atomic mass is 10.1. The first-order chi connectivity index (χ1) is 8.02. The van der Waals surface area contributed by atoms with Crippen molar-refractivity contribution < 1.29 is 9.90 Å². The van der Waals surface area contributed by atoms with Gasteiger partial charge >= 0.3 is 0 Å². The molecule has 2 N–H and O–H groups in total. The van der Waals surface area contributed by atoms with Gasteiger partial charge in [0.05, 0.1) is 12.7 Å². The molecule has 0 aromatic heterocycles. The number of carbonyl (C=O) groups excluding carboxylic acids is 1. The van der Waals surface area contributed by atoms with Crippen LogP contribution in [0, 0.1) is 11.3 Å². The van der Waals surface area contributed by atoms with Crippen LogP contribution in [-0.2, 0) is 4.79 Å². The van der Waals surface area contributed by atoms with Crippen LogP contribution < -0.4 is 5.32 Å². The van der Waals surface area contributed by atoms with Crippen molar-refractivity contribution in [3.05, 3.63) is 49.1 Å². The van der Waals surface area contributed by atoms with E-state index in [9.17, 15) is 4.79 Å². The molecule has 0 saturated carbocycles. The topological polar surface area (TPSA) is 73.1 Å². The molecule has 4 nitrogen and oxygen atoms in total. The van der Waals surface area contributed by atoms with Gasteiger partial charge in [0.15, 0.2) is 0 Å². The van der Waals surface area contributed by atoms with Crippen LogP contribution >= 0.6 is 0 Å². The molecule has 0 radical (unpaired) electrons. The smallest absolute Gasteiger partial charge is 0.252 e. The molecule has 0 aromatic rings. The second-order valence-electron chi connectivity index (χ2n) is 3.51. The first-order valence-corrected chi connectivity index (χ1v) is 4.99. The first kappa shape index (κ1) is 14.9. The van der Waals surface area contributed by atoms with E-state index in [1.165, 1.54) is 25.2 Å². The van der Waals surface area contributed by atoms with Gasteiger partial charge in [0, 0.05) is 5.57 Å². The minimum absolute atomic E-state index is 0.329. The van der Waals surface area contributed by atoms with E-state index in [1.54, 1.807) is 12.2 Å². The summed E-state index contributed by atoms with van der Waals surface area (Å²) in [6, 6.07) is 1.83. The number of aliphatic hydroxyl groups excluding tert-OH is 1. The largest absolute Gasteiger partial charge is 0.393 e. The van der Waals surface area contributed by atoms with Crippen LogP contribution in [-0.4, -0.2) is 23.2 Å². The van der Waals surface area contributed by atoms with Crippen molar-refractivity contribution >= 4 is 5.91 Å². The van der Waals surface area contributed by atoms with Crippen LogP contribution in [0.1, 0.15) is 6.92 Å². The number of aliphatic hydroxyl groups is 1. The lowest BCUT2D eigenvalue weighted by Gasteiger charge is -2.20. The van der Waals surface area contributed by atoms with E-state index in [0.717, 1.165) is 0 Å². The van der Waals surface area contributed by atoms with E-state index in [2.05, 4.69) is 18.5 Å². The Hall–Kier alpha value is -2.12. The van der Waals surface area contributed by atoms with Crippen molar-refractivity contribution in [1.82, 2.24) is 5.32 Å². The molecule has 0 fully saturated rings. The van der Waals surface area contributed by atoms with Gasteiger partial charge < -0.3 is 10.4 Å². The van der Waals surface area contributed by atoms with Gasteiger partial charge in [0.2, 0.25) is 0 Å². The highest BCUT2D eigenvalue weighted by Gasteiger charge is 2.25. The molecule has 0 aliphatic heterocycles. The Bertz CT molecular complexity index is 402. The summed E-state index contributed by atoms with van der Waals surface area (Å²) in [7, 11) is 0. The van der Waals surface area contributed by atoms with Gasteiger partial charge in [-0.1, -0.05) is 37.5 Å². The molecule has 0 bridgehead atoms. The van der Waals surface area contributed by atoms with Gasteiger partial charge in [0.1, 0.15) is 5.54 Å². The Balaban J connectivity index is 4.95. The number of rotatable bonds is 6. The summed E-state index contributed by atoms with van der Waals surface area (Å²) >= 11 is 0. The molecule has 0 heterocycles. The van der Waals surface area contributed by atoms with Crippen molar-refractivity contribution in [3.63, 3.8) is 0 Å². The summed E-state index contributed by atoms with van der Waals surface area (Å²) in [6.07, 6.45) is 7.63. The first-order valence-electron chi connectivity index (χ1n) is 4.99. The van der Waals surface area contributed by atoms with Gasteiger partial charge in [-0.3, -0.25) is 4.79 Å². The van der Waals surface area contributed by atoms with Crippen molar-refractivity contribution in [2.75, 3.05) is 6.61 Å². The number of nitriles is 1. The normalized spacial score (nSPS) is 14.8. The summed E-state index contributed by atoms with van der Waals surface area (Å²) in [5, 5.41) is 20.3. The Kier molecular flexibility index (Phi) is 6.30. The van der Waals surface area contributed by atoms with Crippen LogP contribution in [0.25, 0.3) is 0 Å². The molecule has 0 aliphatic rings. The highest BCUT2D eigenvalue weighted by Crippen LogP contribution is 2.05. The molecule has 0 aromatic carbocycles. The van der Waals surface area contributed by atoms with Crippen molar-refractivity contribution in [2.24, 2.45) is 0 Å². The summed E-state index contributed by atoms with van der Waals surface area (Å²) < 4.78 is 0. The summed E-state index contributed by atoms with van der Waals surface area (Å²) in [5.41, 5.74) is -0.964. The molecule has 0 saturated heterocycles. The quantitative estimate of drug-likeness (QED) is 0.534. The van der Waals surface area contributed by atoms with E-state index in [1.807, 2.05) is 6.07 Å². The molecule has 0 aliphatic carbocycles. The van der Waals surface area contributed by atoms with E-state index < -0.39 is 18.1 Å². The number of allylic oxidation sites excluding steroid dienone is 4. The van der Waals surface area contributed by atoms with Gasteiger partial charge in [0.25, 0.3) is 5.91 Å². The fourth-order valence-corrected chi connectivity index (χ4v) is 0.931. The zero-order chi connectivity index (χ0) is 13.3. The molecular formula is C13H16N2O2. The number of carbonyl (C=O) groups is 1. The molecular weight excluding hydrogens is 216 g/mol. The second-order valence-corrected chi connectivity index (χ2v) is 3.51. The van der Waals surface area contributed by atoms with Crippen molar-refractivity contribution in [1.29, 1.82) is 5.26 Å². The van der Waals surface area contributed by atoms with Gasteiger partial charge in [-0.25, -0.2) is 0 Å². The Morgan fingerprint density at radius 3 is 2.59 bits per heavy atom. The predicted molar refractivity (Wildman–Crippen MR) is 66.9 cm³/mol. The zero-order valence-electron chi connectivity index (χ0n) is 9.81. The third kappa shape index (κ3) is 4.96. The average molecular weight is 232 g/mol. The number of nitrogens with one attached hydrogen (secondary N) is 1. The zero-order valence-corrected chi connectivity index (χ0v) is 9.81. The van der Waals surface area contributed by atoms with Gasteiger partial charge in [-0.2, -0.15) is 5.26 Å². The monoisotopic (exact) mass is 232 g/mol. The van der Waals surface area contributed by atoms with Crippen LogP contribution in [0.4, 0.5) is 0 Å². The fraction of sp³-hybridized carbons (Fsp3) is 0.231. The molecule has 17 heavy (non-hydrogen) atoms. The number of amides is 1. The fourth-order valence-electron chi connectivity index (χ4n) is 0.931. The molecule has 0 rings (SSSR count). The summed E-state index contributed by atoms with van der Waals surface area (Å²) in [6.45, 7) is 7.97. The molecule has 0 spiro atoms. The third-order valence-corrected chi connectivity index (χ3v) is 1.92. The Labute approximate surface area is 101 Å². The van der Waals surface area contributed by atoms with E-state index >= 15 is 0 Å². The van der Waals surface area contributed by atoms with Crippen molar-refractivity contribution in [3.8, 4) is 6.07 Å². The molecule has 1 amide bonds. The minimum atomic E-state index is -1.29. The average Bonchev–Trinajstić information content (AvgIpc) is 2.34. The third-order valence-electron chi connectivity index (χ3n) is 1.92. The van der Waals surface area contributed by atoms with Gasteiger partial charge in [-0.15, -0.1) is 0 Å². The van der Waals surface area contributed by atoms with E-state index in [-0.39, 0.29) is 0 Å². The van der Waals surface area contributed by atoms with Gasteiger partial charge in [-0.05, 0) is 13.0 Å². The minimum Gasteiger partial charge on any atom is -0.393 e. The number of nitrogens with zero attached hydrogens (tertiary/aromatic N) is 1. The Morgan fingerprint density at radius 1 is 1.53 bits per heavy atom. The SMILES string of the molecule is C=C/C=C\C(=C/C=C)C(=O)NC(C)(C#N)CO. The highest BCUT2D eigenvalue weighted by atomic mass is 16.3. The lowest BCUT2D eigenvalue weighted by Crippen LogP contribution is -2.48. The van der Waals surface area contributed by atoms with E-state index in [0.29, 0.717) is 5.57 Å². The van der Waals surface area contributed by atoms with E-state index in [4.69, 9.17) is 10.4 Å². The standard InChI is InChI=1S/C13H16N2O2/c1-4-6-8-11(7-5-2)12(17)15-13(3,9-14)10-16/h4-8,16H,1-2,10H2,3H3,(H,15,17)/b8-6-,11-7+. The van der Waals surface area contributed by atoms with Crippen molar-refractivity contribution in [2.45, 2.75) is 12.5 Å². The number of hydrogen-bond acceptors (Lipinski definition) is 3. The molecule has 90 valence electrons.